The summed E-state index contributed by atoms with van der Waals surface area (Å²) in [4.78, 5) is 31.9. The zero-order valence-corrected chi connectivity index (χ0v) is 22.8. The van der Waals surface area contributed by atoms with Crippen molar-refractivity contribution in [2.75, 3.05) is 26.3 Å². The van der Waals surface area contributed by atoms with E-state index >= 15 is 0 Å². The summed E-state index contributed by atoms with van der Waals surface area (Å²) in [5, 5.41) is 22.4. The molecular weight excluding hydrogens is 530 g/mol. The second kappa shape index (κ2) is 12.4. The van der Waals surface area contributed by atoms with Crippen LogP contribution in [0.3, 0.4) is 0 Å². The number of allylic oxidation sites excluding steroid dienone is 1. The zero-order valence-electron chi connectivity index (χ0n) is 21.9. The van der Waals surface area contributed by atoms with E-state index in [1.54, 1.807) is 35.9 Å². The monoisotopic (exact) mass is 559 g/mol. The second-order valence-corrected chi connectivity index (χ2v) is 10.0. The van der Waals surface area contributed by atoms with Crippen LogP contribution in [0.2, 0.25) is 0 Å². The van der Waals surface area contributed by atoms with Crippen LogP contribution in [0.1, 0.15) is 27.9 Å². The van der Waals surface area contributed by atoms with Gasteiger partial charge in [-0.15, -0.1) is 11.3 Å². The van der Waals surface area contributed by atoms with Crippen LogP contribution in [-0.4, -0.2) is 56.8 Å². The van der Waals surface area contributed by atoms with Gasteiger partial charge >= 0.3 is 5.63 Å². The molecule has 40 heavy (non-hydrogen) atoms. The maximum Gasteiger partial charge on any atom is 0.336 e. The van der Waals surface area contributed by atoms with Crippen molar-refractivity contribution in [1.29, 1.82) is 0 Å². The van der Waals surface area contributed by atoms with Gasteiger partial charge in [0.1, 0.15) is 11.3 Å². The van der Waals surface area contributed by atoms with Crippen molar-refractivity contribution >= 4 is 45.1 Å². The van der Waals surface area contributed by atoms with E-state index in [0.29, 0.717) is 46.9 Å². The van der Waals surface area contributed by atoms with Crippen LogP contribution >= 0.6 is 11.3 Å². The quantitative estimate of drug-likeness (QED) is 0.100. The molecule has 0 atom stereocenters. The highest BCUT2D eigenvalue weighted by Crippen LogP contribution is 2.29. The summed E-state index contributed by atoms with van der Waals surface area (Å²) in [5.74, 6) is 0.0527. The number of aromatic nitrogens is 2. The van der Waals surface area contributed by atoms with E-state index in [2.05, 4.69) is 16.5 Å². The van der Waals surface area contributed by atoms with Gasteiger partial charge in [-0.3, -0.25) is 9.69 Å². The van der Waals surface area contributed by atoms with Crippen molar-refractivity contribution in [2.24, 2.45) is 0 Å². The smallest absolute Gasteiger partial charge is 0.336 e. The van der Waals surface area contributed by atoms with Crippen molar-refractivity contribution in [1.82, 2.24) is 14.5 Å². The number of carbonyl (C=O) groups is 1. The minimum Gasteiger partial charge on any atom is -0.453 e. The summed E-state index contributed by atoms with van der Waals surface area (Å²) in [6.07, 6.45) is 5.28. The number of aryl methyl sites for hydroxylation is 1. The van der Waals surface area contributed by atoms with Gasteiger partial charge in [0, 0.05) is 77.9 Å². The van der Waals surface area contributed by atoms with Crippen LogP contribution < -0.4 is 10.4 Å². The number of benzene rings is 2. The van der Waals surface area contributed by atoms with Crippen LogP contribution in [0.5, 0.6) is 5.75 Å². The van der Waals surface area contributed by atoms with Gasteiger partial charge < -0.3 is 23.9 Å². The highest BCUT2D eigenvalue weighted by molar-refractivity contribution is 7.11. The molecule has 0 saturated heterocycles. The van der Waals surface area contributed by atoms with E-state index in [1.807, 2.05) is 35.4 Å². The molecule has 0 spiro atoms. The number of ketones is 1. The summed E-state index contributed by atoms with van der Waals surface area (Å²) in [6.45, 7) is 3.73. The maximum absolute atomic E-state index is 13.5. The molecule has 0 amide bonds. The lowest BCUT2D eigenvalue weighted by Gasteiger charge is -2.20. The molecule has 5 aromatic rings. The Morgan fingerprint density at radius 1 is 1.12 bits per heavy atom. The van der Waals surface area contributed by atoms with E-state index in [1.165, 1.54) is 17.4 Å². The van der Waals surface area contributed by atoms with E-state index < -0.39 is 5.63 Å². The third kappa shape index (κ3) is 5.90. The number of aliphatic hydroxyl groups excluding tert-OH is 2. The third-order valence-electron chi connectivity index (χ3n) is 6.55. The maximum atomic E-state index is 13.5. The van der Waals surface area contributed by atoms with E-state index in [-0.39, 0.29) is 24.8 Å². The molecule has 206 valence electrons. The summed E-state index contributed by atoms with van der Waals surface area (Å²) >= 11 is 1.23. The van der Waals surface area contributed by atoms with Gasteiger partial charge in [0.15, 0.2) is 10.8 Å². The number of rotatable bonds is 12. The Morgan fingerprint density at radius 3 is 2.65 bits per heavy atom. The van der Waals surface area contributed by atoms with Crippen LogP contribution in [-0.2, 0) is 13.1 Å². The molecule has 2 N–H and O–H groups in total. The summed E-state index contributed by atoms with van der Waals surface area (Å²) in [7, 11) is 0. The number of hydrogen-bond donors (Lipinski definition) is 2. The number of aliphatic hydroxyl groups is 2. The minimum absolute atomic E-state index is 0.0729. The Hall–Kier alpha value is -4.09. The molecule has 5 rings (SSSR count). The lowest BCUT2D eigenvalue weighted by Crippen LogP contribution is -2.29. The van der Waals surface area contributed by atoms with Crippen molar-refractivity contribution in [3.05, 3.63) is 98.6 Å². The first-order chi connectivity index (χ1) is 19.5. The fourth-order valence-corrected chi connectivity index (χ4v) is 5.28. The summed E-state index contributed by atoms with van der Waals surface area (Å²) in [6, 6.07) is 14.4. The van der Waals surface area contributed by atoms with E-state index in [9.17, 15) is 19.8 Å². The van der Waals surface area contributed by atoms with Gasteiger partial charge in [-0.1, -0.05) is 18.2 Å². The molecule has 0 saturated carbocycles. The Kier molecular flexibility index (Phi) is 8.51. The van der Waals surface area contributed by atoms with Crippen molar-refractivity contribution in [3.63, 3.8) is 0 Å². The van der Waals surface area contributed by atoms with Gasteiger partial charge in [-0.05, 0) is 36.8 Å². The Bertz CT molecular complexity index is 1710. The average molecular weight is 560 g/mol. The number of nitrogens with zero attached hydrogens (tertiary/aromatic N) is 3. The van der Waals surface area contributed by atoms with Crippen LogP contribution in [0.15, 0.2) is 81.3 Å². The first kappa shape index (κ1) is 27.5. The predicted molar refractivity (Wildman–Crippen MR) is 155 cm³/mol. The molecule has 2 aromatic carbocycles. The Balaban J connectivity index is 1.54. The topological polar surface area (TPSA) is 118 Å². The van der Waals surface area contributed by atoms with E-state index in [4.69, 9.17) is 9.15 Å². The van der Waals surface area contributed by atoms with Crippen molar-refractivity contribution in [2.45, 2.75) is 20.0 Å². The lowest BCUT2D eigenvalue weighted by atomic mass is 10.1. The summed E-state index contributed by atoms with van der Waals surface area (Å²) < 4.78 is 13.8. The number of fused-ring (bicyclic) bond motifs is 2. The Labute approximate surface area is 234 Å². The number of hydrogen-bond acceptors (Lipinski definition) is 9. The largest absolute Gasteiger partial charge is 0.453 e. The van der Waals surface area contributed by atoms with Crippen LogP contribution in [0, 0.1) is 0 Å². The highest BCUT2D eigenvalue weighted by Gasteiger charge is 2.20. The lowest BCUT2D eigenvalue weighted by molar-refractivity contribution is 0.0988. The molecule has 0 fully saturated rings. The number of Topliss-reactive ketones (excluding diaryl/α,β-unsaturated/α-hetero) is 1. The van der Waals surface area contributed by atoms with Crippen LogP contribution in [0.25, 0.3) is 27.9 Å². The van der Waals surface area contributed by atoms with Crippen LogP contribution in [0.4, 0.5) is 0 Å². The molecule has 0 aliphatic rings. The van der Waals surface area contributed by atoms with Crippen molar-refractivity contribution < 1.29 is 24.2 Å². The average Bonchev–Trinajstić information content (AvgIpc) is 3.61. The van der Waals surface area contributed by atoms with Gasteiger partial charge in [-0.25, -0.2) is 9.78 Å². The first-order valence-corrected chi connectivity index (χ1v) is 13.8. The fourth-order valence-electron chi connectivity index (χ4n) is 4.70. The molecule has 0 unspecified atom stereocenters. The predicted octanol–water partition coefficient (Wildman–Crippen LogP) is 4.31. The number of carbonyl (C=O) groups excluding carboxylic acids is 1. The van der Waals surface area contributed by atoms with Crippen molar-refractivity contribution in [3.8, 4) is 5.75 Å². The molecule has 0 aliphatic heterocycles. The molecule has 3 aromatic heterocycles. The summed E-state index contributed by atoms with van der Waals surface area (Å²) in [5.41, 5.74) is 2.35. The molecule has 0 radical (unpaired) electrons. The van der Waals surface area contributed by atoms with Gasteiger partial charge in [0.25, 0.3) is 5.78 Å². The normalized spacial score (nSPS) is 12.1. The molecule has 0 aliphatic carbocycles. The van der Waals surface area contributed by atoms with Gasteiger partial charge in [0.05, 0.1) is 13.2 Å². The second-order valence-electron chi connectivity index (χ2n) is 9.14. The molecular formula is C30H29N3O6S. The zero-order chi connectivity index (χ0) is 28.1. The Morgan fingerprint density at radius 2 is 1.93 bits per heavy atom. The number of thiazole rings is 1. The van der Waals surface area contributed by atoms with Gasteiger partial charge in [0.2, 0.25) is 0 Å². The number of para-hydroxylation sites is 1. The first-order valence-electron chi connectivity index (χ1n) is 12.9. The molecule has 0 bridgehead atoms. The third-order valence-corrected chi connectivity index (χ3v) is 7.32. The standard InChI is InChI=1S/C30H29N3O6S/c1-2-33-19-20(23-5-3-4-6-25(23)33)15-27(29(37)30-31-9-14-40-30)38-22-7-8-24-21(16-28(36)39-26(24)17-22)18-32(10-12-34)11-13-35/h3-9,14-17,19,34-35H,2,10-13,18H2,1H3/b27-15-. The number of ether oxygens (including phenoxy) is 1. The SMILES string of the molecule is CCn1cc(/C=C(\Oc2ccc3c(CN(CCO)CCO)cc(=O)oc3c2)C(=O)c2nccs2)c2ccccc21. The van der Waals surface area contributed by atoms with E-state index in [0.717, 1.165) is 23.0 Å². The molecule has 10 heteroatoms. The highest BCUT2D eigenvalue weighted by atomic mass is 32.1. The molecule has 9 nitrogen and oxygen atoms in total. The fraction of sp³-hybridized carbons (Fsp3) is 0.233. The molecule has 3 heterocycles. The minimum atomic E-state index is -0.533. The van der Waals surface area contributed by atoms with Gasteiger partial charge in [-0.2, -0.15) is 0 Å².